The second-order valence-corrected chi connectivity index (χ2v) is 10.6. The molecule has 1 heterocycles. The van der Waals surface area contributed by atoms with Gasteiger partial charge in [0.2, 0.25) is 0 Å². The van der Waals surface area contributed by atoms with E-state index in [1.165, 1.54) is 19.3 Å². The predicted octanol–water partition coefficient (Wildman–Crippen LogP) is 8.45. The number of carboxylic acid groups (broad SMARTS) is 1. The highest BCUT2D eigenvalue weighted by molar-refractivity contribution is 6.30. The molecule has 1 aromatic heterocycles. The molecule has 1 N–H and O–H groups in total. The van der Waals surface area contributed by atoms with E-state index < -0.39 is 5.97 Å². The molecule has 4 aromatic rings. The van der Waals surface area contributed by atoms with Crippen LogP contribution in [0.25, 0.3) is 28.6 Å². The van der Waals surface area contributed by atoms with Crippen molar-refractivity contribution in [3.05, 3.63) is 94.8 Å². The van der Waals surface area contributed by atoms with Gasteiger partial charge < -0.3 is 19.1 Å². The Kier molecular flexibility index (Phi) is 8.56. The van der Waals surface area contributed by atoms with Crippen LogP contribution < -0.4 is 9.47 Å². The number of aromatic nitrogens is 2. The number of ether oxygens (including phenoxy) is 2. The van der Waals surface area contributed by atoms with E-state index in [-0.39, 0.29) is 5.57 Å². The van der Waals surface area contributed by atoms with E-state index in [9.17, 15) is 9.90 Å². The summed E-state index contributed by atoms with van der Waals surface area (Å²) in [6, 6.07) is 22.0. The molecule has 0 amide bonds. The van der Waals surface area contributed by atoms with Crippen molar-refractivity contribution >= 4 is 23.6 Å². The summed E-state index contributed by atoms with van der Waals surface area (Å²) in [5.41, 5.74) is 5.00. The zero-order valence-electron chi connectivity index (χ0n) is 22.8. The Morgan fingerprint density at radius 1 is 1.00 bits per heavy atom. The standard InChI is InChI=1S/C33H33ClN2O4/c1-22(33(37)38)18-27-20-36(28-6-4-3-5-7-28)32(35-27)24-10-14-29(15-11-24)40-21-25-19-30(39-2)16-17-31(25)23-8-12-26(34)13-9-23/h8-20,28H,3-7,21H2,1-2H3,(H,37,38). The third-order valence-corrected chi connectivity index (χ3v) is 7.65. The van der Waals surface area contributed by atoms with Crippen molar-refractivity contribution in [2.45, 2.75) is 51.7 Å². The maximum absolute atomic E-state index is 11.4. The van der Waals surface area contributed by atoms with Crippen LogP contribution in [0.5, 0.6) is 11.5 Å². The number of carbonyl (C=O) groups is 1. The average molecular weight is 557 g/mol. The first kappa shape index (κ1) is 27.5. The smallest absolute Gasteiger partial charge is 0.331 e. The second kappa shape index (κ2) is 12.4. The van der Waals surface area contributed by atoms with Crippen LogP contribution in [0.2, 0.25) is 5.02 Å². The van der Waals surface area contributed by atoms with E-state index in [2.05, 4.69) is 4.57 Å². The molecule has 1 saturated carbocycles. The first-order valence-electron chi connectivity index (χ1n) is 13.6. The Hall–Kier alpha value is -4.03. The number of rotatable bonds is 9. The third-order valence-electron chi connectivity index (χ3n) is 7.40. The van der Waals surface area contributed by atoms with Crippen molar-refractivity contribution in [1.29, 1.82) is 0 Å². The number of halogens is 1. The molecule has 3 aromatic carbocycles. The van der Waals surface area contributed by atoms with Crippen molar-refractivity contribution < 1.29 is 19.4 Å². The van der Waals surface area contributed by atoms with E-state index in [1.807, 2.05) is 72.9 Å². The minimum Gasteiger partial charge on any atom is -0.497 e. The molecule has 0 radical (unpaired) electrons. The van der Waals surface area contributed by atoms with Crippen LogP contribution in [0.3, 0.4) is 0 Å². The largest absolute Gasteiger partial charge is 0.497 e. The Labute approximate surface area is 239 Å². The SMILES string of the molecule is COc1ccc(-c2ccc(Cl)cc2)c(COc2ccc(-c3nc(C=C(C)C(=O)O)cn3C3CCCCC3)cc2)c1. The molecular formula is C33H33ClN2O4. The summed E-state index contributed by atoms with van der Waals surface area (Å²) >= 11 is 6.10. The van der Waals surface area contributed by atoms with E-state index in [0.717, 1.165) is 52.4 Å². The van der Waals surface area contributed by atoms with Gasteiger partial charge in [-0.25, -0.2) is 9.78 Å². The normalized spacial score (nSPS) is 14.2. The fourth-order valence-corrected chi connectivity index (χ4v) is 5.33. The van der Waals surface area contributed by atoms with Crippen LogP contribution in [-0.4, -0.2) is 27.7 Å². The van der Waals surface area contributed by atoms with Crippen LogP contribution in [0.15, 0.2) is 78.5 Å². The zero-order valence-corrected chi connectivity index (χ0v) is 23.5. The van der Waals surface area contributed by atoms with E-state index >= 15 is 0 Å². The summed E-state index contributed by atoms with van der Waals surface area (Å²) in [7, 11) is 1.65. The van der Waals surface area contributed by atoms with Gasteiger partial charge in [-0.3, -0.25) is 0 Å². The number of carboxylic acids is 1. The Morgan fingerprint density at radius 2 is 1.68 bits per heavy atom. The maximum Gasteiger partial charge on any atom is 0.331 e. The highest BCUT2D eigenvalue weighted by Gasteiger charge is 2.20. The van der Waals surface area contributed by atoms with E-state index in [0.29, 0.717) is 23.4 Å². The summed E-state index contributed by atoms with van der Waals surface area (Å²) in [6.07, 6.45) is 9.46. The van der Waals surface area contributed by atoms with Gasteiger partial charge >= 0.3 is 5.97 Å². The molecule has 0 spiro atoms. The van der Waals surface area contributed by atoms with Crippen molar-refractivity contribution in [3.63, 3.8) is 0 Å². The summed E-state index contributed by atoms with van der Waals surface area (Å²) < 4.78 is 13.9. The summed E-state index contributed by atoms with van der Waals surface area (Å²) in [6.45, 7) is 1.96. The van der Waals surface area contributed by atoms with Crippen molar-refractivity contribution in [1.82, 2.24) is 9.55 Å². The van der Waals surface area contributed by atoms with Gasteiger partial charge in [-0.05, 0) is 85.5 Å². The first-order chi connectivity index (χ1) is 19.4. The Morgan fingerprint density at radius 3 is 2.35 bits per heavy atom. The highest BCUT2D eigenvalue weighted by atomic mass is 35.5. The molecule has 5 rings (SSSR count). The first-order valence-corrected chi connectivity index (χ1v) is 14.0. The van der Waals surface area contributed by atoms with Gasteiger partial charge in [0, 0.05) is 34.0 Å². The third kappa shape index (κ3) is 6.40. The van der Waals surface area contributed by atoms with Crippen LogP contribution in [0.1, 0.15) is 56.3 Å². The molecule has 0 saturated heterocycles. The lowest BCUT2D eigenvalue weighted by atomic mass is 9.95. The molecule has 0 atom stereocenters. The number of nitrogens with zero attached hydrogens (tertiary/aromatic N) is 2. The Bertz CT molecular complexity index is 1500. The summed E-state index contributed by atoms with van der Waals surface area (Å²) in [4.78, 5) is 16.2. The Balaban J connectivity index is 1.39. The number of aliphatic carboxylic acids is 1. The van der Waals surface area contributed by atoms with Crippen molar-refractivity contribution in [3.8, 4) is 34.0 Å². The van der Waals surface area contributed by atoms with Crippen LogP contribution in [0.4, 0.5) is 0 Å². The summed E-state index contributed by atoms with van der Waals surface area (Å²) in [5, 5.41) is 10.0. The van der Waals surface area contributed by atoms with E-state index in [1.54, 1.807) is 20.1 Å². The monoisotopic (exact) mass is 556 g/mol. The average Bonchev–Trinajstić information content (AvgIpc) is 3.40. The van der Waals surface area contributed by atoms with Crippen LogP contribution >= 0.6 is 11.6 Å². The van der Waals surface area contributed by atoms with Gasteiger partial charge in [-0.1, -0.05) is 49.1 Å². The lowest BCUT2D eigenvalue weighted by molar-refractivity contribution is -0.132. The molecular weight excluding hydrogens is 524 g/mol. The van der Waals surface area contributed by atoms with Crippen LogP contribution in [0, 0.1) is 0 Å². The molecule has 1 aliphatic rings. The minimum absolute atomic E-state index is 0.263. The molecule has 6 nitrogen and oxygen atoms in total. The van der Waals surface area contributed by atoms with Crippen LogP contribution in [-0.2, 0) is 11.4 Å². The molecule has 0 aliphatic heterocycles. The van der Waals surface area contributed by atoms with Crippen molar-refractivity contribution in [2.24, 2.45) is 0 Å². The maximum atomic E-state index is 11.4. The second-order valence-electron chi connectivity index (χ2n) is 10.2. The highest BCUT2D eigenvalue weighted by Crippen LogP contribution is 2.34. The fourth-order valence-electron chi connectivity index (χ4n) is 5.21. The fraction of sp³-hybridized carbons (Fsp3) is 0.273. The van der Waals surface area contributed by atoms with E-state index in [4.69, 9.17) is 26.1 Å². The van der Waals surface area contributed by atoms with Gasteiger partial charge in [0.15, 0.2) is 0 Å². The molecule has 0 bridgehead atoms. The summed E-state index contributed by atoms with van der Waals surface area (Å²) in [5.74, 6) is 1.42. The quantitative estimate of drug-likeness (QED) is 0.209. The number of hydrogen-bond donors (Lipinski definition) is 1. The number of imidazole rings is 1. The van der Waals surface area contributed by atoms with Crippen molar-refractivity contribution in [2.75, 3.05) is 7.11 Å². The lowest BCUT2D eigenvalue weighted by Gasteiger charge is -2.24. The number of methoxy groups -OCH3 is 1. The van der Waals surface area contributed by atoms with Gasteiger partial charge in [0.1, 0.15) is 23.9 Å². The molecule has 0 unspecified atom stereocenters. The molecule has 1 fully saturated rings. The molecule has 40 heavy (non-hydrogen) atoms. The molecule has 7 heteroatoms. The van der Waals surface area contributed by atoms with Gasteiger partial charge in [0.05, 0.1) is 12.8 Å². The minimum atomic E-state index is -0.939. The lowest BCUT2D eigenvalue weighted by Crippen LogP contribution is -2.13. The predicted molar refractivity (Wildman–Crippen MR) is 159 cm³/mol. The molecule has 206 valence electrons. The van der Waals surface area contributed by atoms with Gasteiger partial charge in [0.25, 0.3) is 0 Å². The zero-order chi connectivity index (χ0) is 28.1. The van der Waals surface area contributed by atoms with Gasteiger partial charge in [-0.15, -0.1) is 0 Å². The number of benzene rings is 3. The number of hydrogen-bond acceptors (Lipinski definition) is 4. The molecule has 1 aliphatic carbocycles. The topological polar surface area (TPSA) is 73.6 Å². The van der Waals surface area contributed by atoms with Gasteiger partial charge in [-0.2, -0.15) is 0 Å².